The lowest BCUT2D eigenvalue weighted by atomic mass is 9.87. The van der Waals surface area contributed by atoms with Crippen molar-refractivity contribution < 1.29 is 4.79 Å². The quantitative estimate of drug-likeness (QED) is 0.721. The van der Waals surface area contributed by atoms with Crippen LogP contribution < -0.4 is 5.32 Å². The molecule has 1 N–H and O–H groups in total. The molecular formula is C20H19N3OS. The molecular weight excluding hydrogens is 330 g/mol. The Morgan fingerprint density at radius 3 is 2.64 bits per heavy atom. The van der Waals surface area contributed by atoms with Crippen LogP contribution in [-0.4, -0.2) is 21.9 Å². The van der Waals surface area contributed by atoms with Gasteiger partial charge in [0, 0.05) is 22.8 Å². The van der Waals surface area contributed by atoms with Gasteiger partial charge in [-0.3, -0.25) is 4.79 Å². The van der Waals surface area contributed by atoms with Crippen LogP contribution in [0.1, 0.15) is 29.0 Å². The first-order valence-electron chi connectivity index (χ1n) is 8.28. The highest BCUT2D eigenvalue weighted by atomic mass is 32.2. The Hall–Kier alpha value is -2.53. The molecule has 1 aliphatic rings. The first-order valence-corrected chi connectivity index (χ1v) is 9.50. The zero-order valence-electron chi connectivity index (χ0n) is 14.0. The van der Waals surface area contributed by atoms with E-state index in [-0.39, 0.29) is 11.8 Å². The molecule has 25 heavy (non-hydrogen) atoms. The van der Waals surface area contributed by atoms with Crippen LogP contribution >= 0.6 is 11.8 Å². The van der Waals surface area contributed by atoms with Crippen LogP contribution in [0.3, 0.4) is 0 Å². The average Bonchev–Trinajstić information content (AvgIpc) is 3.04. The van der Waals surface area contributed by atoms with E-state index < -0.39 is 0 Å². The lowest BCUT2D eigenvalue weighted by molar-refractivity contribution is -0.116. The summed E-state index contributed by atoms with van der Waals surface area (Å²) in [5, 5.41) is 7.54. The lowest BCUT2D eigenvalue weighted by Gasteiger charge is -2.24. The zero-order chi connectivity index (χ0) is 17.2. The van der Waals surface area contributed by atoms with E-state index in [0.717, 1.165) is 22.5 Å². The summed E-state index contributed by atoms with van der Waals surface area (Å²) >= 11 is 1.72. The summed E-state index contributed by atoms with van der Waals surface area (Å²) < 4.78 is 1.88. The summed E-state index contributed by atoms with van der Waals surface area (Å²) in [4.78, 5) is 13.5. The molecule has 1 aliphatic heterocycles. The molecule has 3 aromatic rings. The molecule has 0 saturated heterocycles. The molecule has 2 aromatic carbocycles. The fourth-order valence-electron chi connectivity index (χ4n) is 3.28. The molecule has 1 aromatic heterocycles. The second-order valence-corrected chi connectivity index (χ2v) is 7.05. The molecule has 0 spiro atoms. The minimum atomic E-state index is 0.0428. The summed E-state index contributed by atoms with van der Waals surface area (Å²) in [5.41, 5.74) is 3.41. The molecule has 1 unspecified atom stereocenters. The van der Waals surface area contributed by atoms with E-state index in [1.54, 1.807) is 11.8 Å². The normalized spacial score (nSPS) is 16.4. The van der Waals surface area contributed by atoms with Gasteiger partial charge in [0.1, 0.15) is 5.82 Å². The first-order chi connectivity index (χ1) is 12.2. The number of hydrogen-bond donors (Lipinski definition) is 1. The Morgan fingerprint density at radius 1 is 1.16 bits per heavy atom. The van der Waals surface area contributed by atoms with Crippen molar-refractivity contribution in [2.24, 2.45) is 0 Å². The predicted molar refractivity (Wildman–Crippen MR) is 101 cm³/mol. The van der Waals surface area contributed by atoms with Gasteiger partial charge in [-0.05, 0) is 29.5 Å². The fourth-order valence-corrected chi connectivity index (χ4v) is 3.69. The summed E-state index contributed by atoms with van der Waals surface area (Å²) in [6.07, 6.45) is 4.42. The Morgan fingerprint density at radius 2 is 1.92 bits per heavy atom. The number of nitrogens with zero attached hydrogens (tertiary/aromatic N) is 2. The van der Waals surface area contributed by atoms with Gasteiger partial charge in [0.15, 0.2) is 0 Å². The number of aromatic nitrogens is 2. The van der Waals surface area contributed by atoms with Crippen molar-refractivity contribution in [2.75, 3.05) is 11.6 Å². The van der Waals surface area contributed by atoms with Gasteiger partial charge < -0.3 is 5.32 Å². The number of amides is 1. The van der Waals surface area contributed by atoms with Crippen LogP contribution in [0.2, 0.25) is 0 Å². The summed E-state index contributed by atoms with van der Waals surface area (Å²) in [6, 6.07) is 18.6. The van der Waals surface area contributed by atoms with Gasteiger partial charge in [-0.1, -0.05) is 42.5 Å². The summed E-state index contributed by atoms with van der Waals surface area (Å²) in [7, 11) is 0. The van der Waals surface area contributed by atoms with Crippen molar-refractivity contribution in [3.63, 3.8) is 0 Å². The molecule has 1 atom stereocenters. The van der Waals surface area contributed by atoms with E-state index in [9.17, 15) is 4.79 Å². The van der Waals surface area contributed by atoms with Crippen LogP contribution in [0.4, 0.5) is 5.82 Å². The number of anilines is 1. The van der Waals surface area contributed by atoms with E-state index in [0.29, 0.717) is 13.0 Å². The van der Waals surface area contributed by atoms with E-state index in [4.69, 9.17) is 0 Å². The molecule has 0 fully saturated rings. The average molecular weight is 349 g/mol. The number of fused-ring (bicyclic) bond motifs is 1. The van der Waals surface area contributed by atoms with Crippen LogP contribution in [0.15, 0.2) is 65.7 Å². The van der Waals surface area contributed by atoms with E-state index in [2.05, 4.69) is 53.1 Å². The van der Waals surface area contributed by atoms with Gasteiger partial charge >= 0.3 is 0 Å². The number of rotatable bonds is 4. The van der Waals surface area contributed by atoms with Gasteiger partial charge in [0.05, 0.1) is 12.7 Å². The highest BCUT2D eigenvalue weighted by molar-refractivity contribution is 7.98. The predicted octanol–water partition coefficient (Wildman–Crippen LogP) is 4.13. The maximum atomic E-state index is 12.3. The van der Waals surface area contributed by atoms with Gasteiger partial charge in [-0.15, -0.1) is 11.8 Å². The van der Waals surface area contributed by atoms with Gasteiger partial charge in [-0.25, -0.2) is 4.68 Å². The molecule has 5 heteroatoms. The number of hydrogen-bond acceptors (Lipinski definition) is 3. The number of carbonyl (C=O) groups excluding carboxylic acids is 1. The Bertz CT molecular complexity index is 887. The smallest absolute Gasteiger partial charge is 0.226 e. The molecule has 126 valence electrons. The molecule has 0 saturated carbocycles. The molecule has 2 heterocycles. The maximum Gasteiger partial charge on any atom is 0.226 e. The standard InChI is InChI=1S/C20H19N3OS/c1-25-16-9-7-15(8-10-16)17-11-19(24)22-20-18(17)12-21-23(20)13-14-5-3-2-4-6-14/h2-10,12,17H,11,13H2,1H3,(H,22,24). The highest BCUT2D eigenvalue weighted by Crippen LogP contribution is 2.37. The van der Waals surface area contributed by atoms with Crippen LogP contribution in [0.5, 0.6) is 0 Å². The van der Waals surface area contributed by atoms with Crippen molar-refractivity contribution in [1.82, 2.24) is 9.78 Å². The SMILES string of the molecule is CSc1ccc(C2CC(=O)Nc3c2cnn3Cc2ccccc2)cc1. The van der Waals surface area contributed by atoms with Crippen molar-refractivity contribution in [1.29, 1.82) is 0 Å². The topological polar surface area (TPSA) is 46.9 Å². The van der Waals surface area contributed by atoms with Crippen molar-refractivity contribution in [2.45, 2.75) is 23.8 Å². The van der Waals surface area contributed by atoms with Crippen molar-refractivity contribution in [3.05, 3.63) is 77.5 Å². The van der Waals surface area contributed by atoms with Gasteiger partial charge in [0.25, 0.3) is 0 Å². The van der Waals surface area contributed by atoms with Crippen LogP contribution in [0, 0.1) is 0 Å². The highest BCUT2D eigenvalue weighted by Gasteiger charge is 2.29. The Labute approximate surface area is 151 Å². The third-order valence-corrected chi connectivity index (χ3v) is 5.33. The van der Waals surface area contributed by atoms with E-state index >= 15 is 0 Å². The summed E-state index contributed by atoms with van der Waals surface area (Å²) in [5.74, 6) is 0.921. The number of thioether (sulfide) groups is 1. The van der Waals surface area contributed by atoms with Gasteiger partial charge in [0.2, 0.25) is 5.91 Å². The number of carbonyl (C=O) groups is 1. The molecule has 1 amide bonds. The second kappa shape index (κ2) is 6.76. The van der Waals surface area contributed by atoms with E-state index in [1.807, 2.05) is 29.1 Å². The molecule has 0 aliphatic carbocycles. The fraction of sp³-hybridized carbons (Fsp3) is 0.200. The van der Waals surface area contributed by atoms with Crippen molar-refractivity contribution >= 4 is 23.5 Å². The van der Waals surface area contributed by atoms with Crippen molar-refractivity contribution in [3.8, 4) is 0 Å². The summed E-state index contributed by atoms with van der Waals surface area (Å²) in [6.45, 7) is 0.647. The minimum absolute atomic E-state index is 0.0428. The Balaban J connectivity index is 1.68. The maximum absolute atomic E-state index is 12.3. The largest absolute Gasteiger partial charge is 0.311 e. The van der Waals surface area contributed by atoms with Crippen LogP contribution in [-0.2, 0) is 11.3 Å². The minimum Gasteiger partial charge on any atom is -0.311 e. The molecule has 4 nitrogen and oxygen atoms in total. The van der Waals surface area contributed by atoms with Crippen LogP contribution in [0.25, 0.3) is 0 Å². The second-order valence-electron chi connectivity index (χ2n) is 6.17. The van der Waals surface area contributed by atoms with Gasteiger partial charge in [-0.2, -0.15) is 5.10 Å². The third-order valence-electron chi connectivity index (χ3n) is 4.58. The molecule has 0 bridgehead atoms. The lowest BCUT2D eigenvalue weighted by Crippen LogP contribution is -2.25. The number of nitrogens with one attached hydrogen (secondary N) is 1. The molecule has 0 radical (unpaired) electrons. The third kappa shape index (κ3) is 3.20. The molecule has 4 rings (SSSR count). The zero-order valence-corrected chi connectivity index (χ0v) is 14.8. The Kier molecular flexibility index (Phi) is 4.32. The number of benzene rings is 2. The monoisotopic (exact) mass is 349 g/mol. The first kappa shape index (κ1) is 16.0. The van der Waals surface area contributed by atoms with E-state index in [1.165, 1.54) is 4.90 Å².